The molecule has 1 heterocycles. The van der Waals surface area contributed by atoms with E-state index in [4.69, 9.17) is 0 Å². The highest BCUT2D eigenvalue weighted by molar-refractivity contribution is 5.99. The number of hydrogen-bond acceptors (Lipinski definition) is 3. The fourth-order valence-corrected chi connectivity index (χ4v) is 1.83. The summed E-state index contributed by atoms with van der Waals surface area (Å²) in [6, 6.07) is 11.3. The van der Waals surface area contributed by atoms with Crippen LogP contribution in [0.5, 0.6) is 0 Å². The average molecular weight is 255 g/mol. The van der Waals surface area contributed by atoms with Crippen LogP contribution in [0.15, 0.2) is 42.6 Å². The molecule has 1 amide bonds. The summed E-state index contributed by atoms with van der Waals surface area (Å²) in [5.41, 5.74) is 3.43. The Hall–Kier alpha value is -2.36. The van der Waals surface area contributed by atoms with Crippen molar-refractivity contribution in [2.24, 2.45) is 0 Å². The number of anilines is 1. The third-order valence-corrected chi connectivity index (χ3v) is 2.85. The zero-order chi connectivity index (χ0) is 13.7. The number of aryl methyl sites for hydroxylation is 1. The number of pyridine rings is 1. The summed E-state index contributed by atoms with van der Waals surface area (Å²) < 4.78 is 0. The number of nitrogens with zero attached hydrogens (tertiary/aromatic N) is 1. The molecule has 0 aliphatic carbocycles. The molecule has 4 heteroatoms. The SMILES string of the molecule is CNc1cc(C)ccc1C(=O)NCc1ccccn1. The van der Waals surface area contributed by atoms with Crippen molar-refractivity contribution >= 4 is 11.6 Å². The van der Waals surface area contributed by atoms with E-state index in [0.29, 0.717) is 12.1 Å². The maximum Gasteiger partial charge on any atom is 0.253 e. The molecule has 1 aromatic heterocycles. The molecule has 0 spiro atoms. The lowest BCUT2D eigenvalue weighted by molar-refractivity contribution is 0.0951. The van der Waals surface area contributed by atoms with Crippen LogP contribution in [0.1, 0.15) is 21.6 Å². The van der Waals surface area contributed by atoms with Crippen LogP contribution in [0.25, 0.3) is 0 Å². The van der Waals surface area contributed by atoms with Crippen LogP contribution in [0.2, 0.25) is 0 Å². The van der Waals surface area contributed by atoms with Crippen LogP contribution < -0.4 is 10.6 Å². The second-order valence-corrected chi connectivity index (χ2v) is 4.30. The minimum Gasteiger partial charge on any atom is -0.387 e. The molecule has 0 atom stereocenters. The van der Waals surface area contributed by atoms with Crippen LogP contribution in [0.4, 0.5) is 5.69 Å². The van der Waals surface area contributed by atoms with Gasteiger partial charge in [-0.1, -0.05) is 12.1 Å². The highest BCUT2D eigenvalue weighted by Crippen LogP contribution is 2.16. The van der Waals surface area contributed by atoms with E-state index in [9.17, 15) is 4.79 Å². The van der Waals surface area contributed by atoms with Gasteiger partial charge in [0.05, 0.1) is 17.8 Å². The van der Waals surface area contributed by atoms with Gasteiger partial charge in [0.15, 0.2) is 0 Å². The third-order valence-electron chi connectivity index (χ3n) is 2.85. The Morgan fingerprint density at radius 1 is 1.26 bits per heavy atom. The van der Waals surface area contributed by atoms with E-state index in [1.54, 1.807) is 6.20 Å². The molecule has 0 unspecified atom stereocenters. The fraction of sp³-hybridized carbons (Fsp3) is 0.200. The van der Waals surface area contributed by atoms with E-state index in [0.717, 1.165) is 16.9 Å². The molecule has 2 aromatic rings. The van der Waals surface area contributed by atoms with E-state index in [1.165, 1.54) is 0 Å². The molecule has 98 valence electrons. The molecular formula is C15H17N3O. The molecule has 0 aliphatic rings. The van der Waals surface area contributed by atoms with Gasteiger partial charge < -0.3 is 10.6 Å². The van der Waals surface area contributed by atoms with E-state index < -0.39 is 0 Å². The largest absolute Gasteiger partial charge is 0.387 e. The van der Waals surface area contributed by atoms with Crippen LogP contribution >= 0.6 is 0 Å². The first-order valence-electron chi connectivity index (χ1n) is 6.17. The summed E-state index contributed by atoms with van der Waals surface area (Å²) in [6.07, 6.45) is 1.71. The lowest BCUT2D eigenvalue weighted by Gasteiger charge is -2.10. The second kappa shape index (κ2) is 6.00. The predicted molar refractivity (Wildman–Crippen MR) is 76.1 cm³/mol. The first kappa shape index (κ1) is 13.1. The van der Waals surface area contributed by atoms with Crippen LogP contribution in [-0.4, -0.2) is 17.9 Å². The molecule has 0 bridgehead atoms. The average Bonchev–Trinajstić information content (AvgIpc) is 2.45. The van der Waals surface area contributed by atoms with Gasteiger partial charge in [-0.25, -0.2) is 0 Å². The minimum atomic E-state index is -0.102. The van der Waals surface area contributed by atoms with Crippen LogP contribution in [0.3, 0.4) is 0 Å². The van der Waals surface area contributed by atoms with E-state index in [-0.39, 0.29) is 5.91 Å². The summed E-state index contributed by atoms with van der Waals surface area (Å²) in [5, 5.41) is 5.91. The molecular weight excluding hydrogens is 238 g/mol. The third kappa shape index (κ3) is 3.31. The van der Waals surface area contributed by atoms with Crippen molar-refractivity contribution in [1.82, 2.24) is 10.3 Å². The number of benzene rings is 1. The molecule has 4 nitrogen and oxygen atoms in total. The quantitative estimate of drug-likeness (QED) is 0.881. The second-order valence-electron chi connectivity index (χ2n) is 4.30. The zero-order valence-electron chi connectivity index (χ0n) is 11.1. The van der Waals surface area contributed by atoms with E-state index in [2.05, 4.69) is 15.6 Å². The van der Waals surface area contributed by atoms with E-state index >= 15 is 0 Å². The number of carbonyl (C=O) groups is 1. The van der Waals surface area contributed by atoms with Gasteiger partial charge in [0.25, 0.3) is 5.91 Å². The molecule has 1 aromatic carbocycles. The van der Waals surface area contributed by atoms with Gasteiger partial charge in [0, 0.05) is 18.9 Å². The van der Waals surface area contributed by atoms with Crippen molar-refractivity contribution in [3.63, 3.8) is 0 Å². The fourth-order valence-electron chi connectivity index (χ4n) is 1.83. The number of hydrogen-bond donors (Lipinski definition) is 2. The molecule has 19 heavy (non-hydrogen) atoms. The van der Waals surface area contributed by atoms with Crippen molar-refractivity contribution in [2.45, 2.75) is 13.5 Å². The molecule has 2 N–H and O–H groups in total. The van der Waals surface area contributed by atoms with Crippen LogP contribution in [0, 0.1) is 6.92 Å². The normalized spacial score (nSPS) is 10.0. The number of rotatable bonds is 4. The van der Waals surface area contributed by atoms with Gasteiger partial charge in [-0.15, -0.1) is 0 Å². The predicted octanol–water partition coefficient (Wildman–Crippen LogP) is 2.36. The highest BCUT2D eigenvalue weighted by atomic mass is 16.1. The van der Waals surface area contributed by atoms with Gasteiger partial charge in [-0.05, 0) is 36.8 Å². The van der Waals surface area contributed by atoms with Crippen molar-refractivity contribution in [2.75, 3.05) is 12.4 Å². The van der Waals surface area contributed by atoms with Gasteiger partial charge in [0.2, 0.25) is 0 Å². The smallest absolute Gasteiger partial charge is 0.253 e. The van der Waals surface area contributed by atoms with Crippen molar-refractivity contribution in [3.8, 4) is 0 Å². The first-order chi connectivity index (χ1) is 9.20. The summed E-state index contributed by atoms with van der Waals surface area (Å²) >= 11 is 0. The molecule has 0 saturated heterocycles. The summed E-state index contributed by atoms with van der Waals surface area (Å²) in [7, 11) is 1.81. The van der Waals surface area contributed by atoms with E-state index in [1.807, 2.05) is 50.4 Å². The monoisotopic (exact) mass is 255 g/mol. The Bertz CT molecular complexity index is 567. The Labute approximate surface area is 112 Å². The highest BCUT2D eigenvalue weighted by Gasteiger charge is 2.10. The Kier molecular flexibility index (Phi) is 4.13. The first-order valence-corrected chi connectivity index (χ1v) is 6.17. The number of amides is 1. The van der Waals surface area contributed by atoms with Crippen molar-refractivity contribution in [1.29, 1.82) is 0 Å². The lowest BCUT2D eigenvalue weighted by atomic mass is 10.1. The minimum absolute atomic E-state index is 0.102. The Balaban J connectivity index is 2.08. The summed E-state index contributed by atoms with van der Waals surface area (Å²) in [4.78, 5) is 16.3. The van der Waals surface area contributed by atoms with Crippen molar-refractivity contribution in [3.05, 3.63) is 59.4 Å². The number of nitrogens with one attached hydrogen (secondary N) is 2. The molecule has 0 radical (unpaired) electrons. The number of aromatic nitrogens is 1. The van der Waals surface area contributed by atoms with Gasteiger partial charge in [-0.2, -0.15) is 0 Å². The van der Waals surface area contributed by atoms with Gasteiger partial charge in [0.1, 0.15) is 0 Å². The molecule has 0 aliphatic heterocycles. The molecule has 0 saturated carbocycles. The zero-order valence-corrected chi connectivity index (χ0v) is 11.1. The maximum absolute atomic E-state index is 12.1. The summed E-state index contributed by atoms with van der Waals surface area (Å²) in [5.74, 6) is -0.102. The standard InChI is InChI=1S/C15H17N3O/c1-11-6-7-13(14(9-11)16-2)15(19)18-10-12-5-3-4-8-17-12/h3-9,16H,10H2,1-2H3,(H,18,19). The maximum atomic E-state index is 12.1. The molecule has 0 fully saturated rings. The number of carbonyl (C=O) groups excluding carboxylic acids is 1. The van der Waals surface area contributed by atoms with Crippen LogP contribution in [-0.2, 0) is 6.54 Å². The topological polar surface area (TPSA) is 54.0 Å². The Morgan fingerprint density at radius 2 is 2.11 bits per heavy atom. The molecule has 2 rings (SSSR count). The lowest BCUT2D eigenvalue weighted by Crippen LogP contribution is -2.24. The van der Waals surface area contributed by atoms with Crippen molar-refractivity contribution < 1.29 is 4.79 Å². The van der Waals surface area contributed by atoms with Gasteiger partial charge in [-0.3, -0.25) is 9.78 Å². The van der Waals surface area contributed by atoms with Gasteiger partial charge >= 0.3 is 0 Å². The summed E-state index contributed by atoms with van der Waals surface area (Å²) in [6.45, 7) is 2.42. The Morgan fingerprint density at radius 3 is 2.79 bits per heavy atom.